The average molecular weight is 402 g/mol. The van der Waals surface area contributed by atoms with Gasteiger partial charge < -0.3 is 15.5 Å². The molecule has 0 saturated carbocycles. The van der Waals surface area contributed by atoms with Crippen molar-refractivity contribution < 1.29 is 18.4 Å². The summed E-state index contributed by atoms with van der Waals surface area (Å²) in [6.07, 6.45) is 4.10. The highest BCUT2D eigenvalue weighted by Crippen LogP contribution is 2.41. The first-order chi connectivity index (χ1) is 13.9. The summed E-state index contributed by atoms with van der Waals surface area (Å²) in [5.41, 5.74) is 6.05. The van der Waals surface area contributed by atoms with Gasteiger partial charge in [0.05, 0.1) is 17.7 Å². The molecule has 1 aromatic rings. The number of likely N-dealkylation sites (tertiary alicyclic amines) is 1. The molecule has 154 valence electrons. The second kappa shape index (κ2) is 7.71. The van der Waals surface area contributed by atoms with Crippen molar-refractivity contribution in [2.45, 2.75) is 62.7 Å². The van der Waals surface area contributed by atoms with E-state index in [1.807, 2.05) is 0 Å². The number of nitrogens with two attached hydrogens (primary N) is 1. The fraction of sp³-hybridized carbons (Fsp3) is 0.571. The van der Waals surface area contributed by atoms with E-state index in [2.05, 4.69) is 6.07 Å². The third-order valence-corrected chi connectivity index (χ3v) is 6.64. The Hall–Kier alpha value is -2.53. The molecule has 0 spiro atoms. The van der Waals surface area contributed by atoms with E-state index < -0.39 is 29.6 Å². The monoisotopic (exact) mass is 402 g/mol. The van der Waals surface area contributed by atoms with Crippen molar-refractivity contribution in [1.29, 1.82) is 5.26 Å². The molecular weight excluding hydrogens is 378 g/mol. The van der Waals surface area contributed by atoms with Crippen molar-refractivity contribution in [3.8, 4) is 6.07 Å². The van der Waals surface area contributed by atoms with E-state index in [0.717, 1.165) is 37.5 Å². The lowest BCUT2D eigenvalue weighted by molar-refractivity contribution is -0.134. The van der Waals surface area contributed by atoms with Crippen LogP contribution in [-0.2, 0) is 4.79 Å². The number of hydrogen-bond acceptors (Lipinski definition) is 4. The van der Waals surface area contributed by atoms with Gasteiger partial charge in [0.2, 0.25) is 5.91 Å². The molecule has 0 aliphatic carbocycles. The zero-order chi connectivity index (χ0) is 20.7. The maximum absolute atomic E-state index is 14.1. The Morgan fingerprint density at radius 1 is 1.17 bits per heavy atom. The molecule has 3 aliphatic heterocycles. The van der Waals surface area contributed by atoms with Gasteiger partial charge in [-0.1, -0.05) is 0 Å². The number of hydrogen-bond donors (Lipinski definition) is 1. The van der Waals surface area contributed by atoms with Crippen molar-refractivity contribution in [1.82, 2.24) is 9.80 Å². The lowest BCUT2D eigenvalue weighted by atomic mass is 9.84. The van der Waals surface area contributed by atoms with Gasteiger partial charge in [-0.2, -0.15) is 5.26 Å². The Morgan fingerprint density at radius 2 is 1.86 bits per heavy atom. The number of carbonyl (C=O) groups is 2. The number of carbonyl (C=O) groups excluding carboxylic acids is 2. The fourth-order valence-corrected chi connectivity index (χ4v) is 5.20. The first-order valence-electron chi connectivity index (χ1n) is 10.1. The van der Waals surface area contributed by atoms with Gasteiger partial charge in [-0.25, -0.2) is 8.78 Å². The number of rotatable bonds is 3. The van der Waals surface area contributed by atoms with E-state index in [0.29, 0.717) is 25.8 Å². The average Bonchev–Trinajstić information content (AvgIpc) is 3.30. The molecule has 1 aromatic carbocycles. The standard InChI is InChI=1S/C21H24F2N4O2/c22-13-3-6-18(23)17(10-13)20(28)27-14-4-5-15(27)9-12(8-14)19(25)21(29)26-7-1-2-16(26)11-24/h3,6,10,12,14-16,19H,1-2,4-5,7-9,25H2/t12?,14?,15?,16-,19-/m0/s1. The largest absolute Gasteiger partial charge is 0.333 e. The molecule has 0 aromatic heterocycles. The second-order valence-corrected chi connectivity index (χ2v) is 8.30. The number of fused-ring (bicyclic) bond motifs is 2. The minimum absolute atomic E-state index is 0.0960. The van der Waals surface area contributed by atoms with E-state index in [9.17, 15) is 23.6 Å². The highest BCUT2D eigenvalue weighted by Gasteiger charge is 2.47. The minimum Gasteiger partial charge on any atom is -0.333 e. The van der Waals surface area contributed by atoms with Crippen molar-refractivity contribution in [3.63, 3.8) is 0 Å². The van der Waals surface area contributed by atoms with Gasteiger partial charge in [0.25, 0.3) is 5.91 Å². The summed E-state index contributed by atoms with van der Waals surface area (Å²) in [5.74, 6) is -2.18. The van der Waals surface area contributed by atoms with E-state index in [-0.39, 0.29) is 29.5 Å². The summed E-state index contributed by atoms with van der Waals surface area (Å²) >= 11 is 0. The van der Waals surface area contributed by atoms with Crippen LogP contribution in [0.3, 0.4) is 0 Å². The van der Waals surface area contributed by atoms with Gasteiger partial charge in [-0.15, -0.1) is 0 Å². The van der Waals surface area contributed by atoms with Gasteiger partial charge in [-0.3, -0.25) is 9.59 Å². The number of halogens is 2. The molecule has 3 heterocycles. The predicted octanol–water partition coefficient (Wildman–Crippen LogP) is 2.19. The van der Waals surface area contributed by atoms with Crippen LogP contribution in [0.25, 0.3) is 0 Å². The molecule has 3 aliphatic rings. The summed E-state index contributed by atoms with van der Waals surface area (Å²) in [7, 11) is 0. The zero-order valence-electron chi connectivity index (χ0n) is 16.1. The van der Waals surface area contributed by atoms with Gasteiger partial charge in [0.15, 0.2) is 0 Å². The maximum Gasteiger partial charge on any atom is 0.257 e. The SMILES string of the molecule is N#C[C@@H]1CCCN1C(=O)[C@@H](N)C1CC2CCC(C1)N2C(=O)c1cc(F)ccc1F. The van der Waals surface area contributed by atoms with Crippen LogP contribution in [0.2, 0.25) is 0 Å². The molecule has 8 heteroatoms. The van der Waals surface area contributed by atoms with Crippen LogP contribution in [0.5, 0.6) is 0 Å². The summed E-state index contributed by atoms with van der Waals surface area (Å²) in [6, 6.07) is 3.65. The Balaban J connectivity index is 1.48. The number of nitrogens with zero attached hydrogens (tertiary/aromatic N) is 3. The van der Waals surface area contributed by atoms with Crippen molar-refractivity contribution >= 4 is 11.8 Å². The Kier molecular flexibility index (Phi) is 5.26. The van der Waals surface area contributed by atoms with Gasteiger partial charge >= 0.3 is 0 Å². The number of piperidine rings is 1. The molecule has 2 unspecified atom stereocenters. The second-order valence-electron chi connectivity index (χ2n) is 8.30. The van der Waals surface area contributed by atoms with Gasteiger partial charge in [0, 0.05) is 18.6 Å². The summed E-state index contributed by atoms with van der Waals surface area (Å²) in [6.45, 7) is 0.549. The molecule has 2 bridgehead atoms. The van der Waals surface area contributed by atoms with Gasteiger partial charge in [-0.05, 0) is 62.6 Å². The third kappa shape index (κ3) is 3.48. The Bertz CT molecular complexity index is 857. The minimum atomic E-state index is -0.735. The molecule has 2 amide bonds. The van der Waals surface area contributed by atoms with Crippen LogP contribution in [0.4, 0.5) is 8.78 Å². The molecule has 4 rings (SSSR count). The first kappa shape index (κ1) is 19.8. The van der Waals surface area contributed by atoms with E-state index in [1.165, 1.54) is 0 Å². The summed E-state index contributed by atoms with van der Waals surface area (Å²) in [4.78, 5) is 29.0. The quantitative estimate of drug-likeness (QED) is 0.839. The van der Waals surface area contributed by atoms with Crippen molar-refractivity contribution in [2.24, 2.45) is 11.7 Å². The third-order valence-electron chi connectivity index (χ3n) is 6.64. The van der Waals surface area contributed by atoms with Crippen molar-refractivity contribution in [3.05, 3.63) is 35.4 Å². The van der Waals surface area contributed by atoms with Crippen LogP contribution in [-0.4, -0.2) is 52.3 Å². The molecule has 4 atom stereocenters. The first-order valence-corrected chi connectivity index (χ1v) is 10.1. The Labute approximate surface area is 168 Å². The number of benzene rings is 1. The molecule has 2 N–H and O–H groups in total. The number of nitriles is 1. The summed E-state index contributed by atoms with van der Waals surface area (Å²) < 4.78 is 27.6. The normalized spacial score (nSPS) is 29.6. The van der Waals surface area contributed by atoms with E-state index in [4.69, 9.17) is 5.73 Å². The summed E-state index contributed by atoms with van der Waals surface area (Å²) in [5, 5.41) is 9.23. The molecule has 6 nitrogen and oxygen atoms in total. The van der Waals surface area contributed by atoms with Crippen LogP contribution in [0.1, 0.15) is 48.9 Å². The fourth-order valence-electron chi connectivity index (χ4n) is 5.20. The topological polar surface area (TPSA) is 90.4 Å². The zero-order valence-corrected chi connectivity index (χ0v) is 16.1. The highest BCUT2D eigenvalue weighted by molar-refractivity contribution is 5.95. The Morgan fingerprint density at radius 3 is 2.52 bits per heavy atom. The van der Waals surface area contributed by atoms with Crippen LogP contribution in [0.15, 0.2) is 18.2 Å². The van der Waals surface area contributed by atoms with Gasteiger partial charge in [0.1, 0.15) is 17.7 Å². The van der Waals surface area contributed by atoms with Crippen LogP contribution in [0, 0.1) is 28.9 Å². The molecule has 0 radical (unpaired) electrons. The molecule has 3 saturated heterocycles. The maximum atomic E-state index is 14.1. The lowest BCUT2D eigenvalue weighted by Gasteiger charge is -2.41. The number of amides is 2. The molecular formula is C21H24F2N4O2. The lowest BCUT2D eigenvalue weighted by Crippen LogP contribution is -2.55. The predicted molar refractivity (Wildman–Crippen MR) is 100 cm³/mol. The van der Waals surface area contributed by atoms with E-state index >= 15 is 0 Å². The highest BCUT2D eigenvalue weighted by atomic mass is 19.1. The van der Waals surface area contributed by atoms with E-state index in [1.54, 1.807) is 9.80 Å². The van der Waals surface area contributed by atoms with Crippen molar-refractivity contribution in [2.75, 3.05) is 6.54 Å². The van der Waals surface area contributed by atoms with Crippen LogP contribution >= 0.6 is 0 Å². The smallest absolute Gasteiger partial charge is 0.257 e. The molecule has 29 heavy (non-hydrogen) atoms. The molecule has 3 fully saturated rings. The van der Waals surface area contributed by atoms with Crippen LogP contribution < -0.4 is 5.73 Å².